The zero-order valence-corrected chi connectivity index (χ0v) is 11.9. The monoisotopic (exact) mass is 275 g/mol. The highest BCUT2D eigenvalue weighted by atomic mass is 15.6. The Bertz CT molecular complexity index is 544. The third-order valence-electron chi connectivity index (χ3n) is 3.85. The van der Waals surface area contributed by atoms with E-state index in [0.717, 1.165) is 37.9 Å². The molecule has 0 spiro atoms. The van der Waals surface area contributed by atoms with Gasteiger partial charge in [-0.2, -0.15) is 0 Å². The van der Waals surface area contributed by atoms with Gasteiger partial charge in [-0.1, -0.05) is 6.92 Å². The van der Waals surface area contributed by atoms with E-state index in [0.29, 0.717) is 5.65 Å². The van der Waals surface area contributed by atoms with E-state index in [9.17, 15) is 0 Å². The fourth-order valence-electron chi connectivity index (χ4n) is 2.66. The summed E-state index contributed by atoms with van der Waals surface area (Å²) in [6.07, 6.45) is 3.63. The van der Waals surface area contributed by atoms with Gasteiger partial charge in [0.1, 0.15) is 0 Å². The van der Waals surface area contributed by atoms with E-state index in [4.69, 9.17) is 0 Å². The second-order valence-corrected chi connectivity index (χ2v) is 5.35. The van der Waals surface area contributed by atoms with Crippen LogP contribution in [0.4, 0.5) is 5.82 Å². The second kappa shape index (κ2) is 6.13. The molecule has 20 heavy (non-hydrogen) atoms. The van der Waals surface area contributed by atoms with Crippen molar-refractivity contribution < 1.29 is 0 Å². The number of fused-ring (bicyclic) bond motifs is 1. The number of nitrogens with one attached hydrogen (secondary N) is 1. The minimum Gasteiger partial charge on any atom is -0.355 e. The summed E-state index contributed by atoms with van der Waals surface area (Å²) in [5.74, 6) is 1.75. The summed E-state index contributed by atoms with van der Waals surface area (Å²) in [6, 6.07) is 3.92. The van der Waals surface area contributed by atoms with Crippen molar-refractivity contribution >= 4 is 11.5 Å². The summed E-state index contributed by atoms with van der Waals surface area (Å²) in [5.41, 5.74) is 0.687. The molecule has 0 aromatic carbocycles. The fourth-order valence-corrected chi connectivity index (χ4v) is 2.66. The molecule has 1 aliphatic rings. The van der Waals surface area contributed by atoms with Crippen LogP contribution in [0.3, 0.4) is 0 Å². The number of piperidine rings is 1. The molecule has 7 nitrogen and oxygen atoms in total. The number of anilines is 1. The maximum Gasteiger partial charge on any atom is 0.200 e. The molecule has 0 unspecified atom stereocenters. The van der Waals surface area contributed by atoms with E-state index in [-0.39, 0.29) is 0 Å². The maximum atomic E-state index is 4.45. The van der Waals surface area contributed by atoms with Crippen LogP contribution in [0.1, 0.15) is 26.2 Å². The molecule has 7 heteroatoms. The van der Waals surface area contributed by atoms with E-state index in [1.54, 1.807) is 0 Å². The Hall–Kier alpha value is -1.76. The van der Waals surface area contributed by atoms with Crippen LogP contribution in [-0.2, 0) is 0 Å². The van der Waals surface area contributed by atoms with Crippen LogP contribution in [0.5, 0.6) is 0 Å². The van der Waals surface area contributed by atoms with Gasteiger partial charge in [0.05, 0.1) is 0 Å². The van der Waals surface area contributed by atoms with Gasteiger partial charge in [-0.3, -0.25) is 0 Å². The molecular weight excluding hydrogens is 254 g/mol. The van der Waals surface area contributed by atoms with Crippen molar-refractivity contribution in [3.63, 3.8) is 0 Å². The minimum absolute atomic E-state index is 0.687. The highest BCUT2D eigenvalue weighted by molar-refractivity contribution is 5.44. The van der Waals surface area contributed by atoms with E-state index >= 15 is 0 Å². The van der Waals surface area contributed by atoms with Gasteiger partial charge in [0.25, 0.3) is 0 Å². The highest BCUT2D eigenvalue weighted by Crippen LogP contribution is 2.21. The minimum atomic E-state index is 0.687. The standard InChI is InChI=1S/C13H21N7/c1-2-7-14-10-11-5-8-19(9-6-11)13-4-3-12-15-17-18-20(12)16-13/h3-4,11,14H,2,5-10H2,1H3. The second-order valence-electron chi connectivity index (χ2n) is 5.35. The highest BCUT2D eigenvalue weighted by Gasteiger charge is 2.20. The Morgan fingerprint density at radius 3 is 2.95 bits per heavy atom. The Morgan fingerprint density at radius 2 is 2.15 bits per heavy atom. The number of aromatic nitrogens is 5. The lowest BCUT2D eigenvalue weighted by atomic mass is 9.97. The number of hydrogen-bond donors (Lipinski definition) is 1. The first-order valence-electron chi connectivity index (χ1n) is 7.38. The first-order chi connectivity index (χ1) is 9.86. The molecule has 0 amide bonds. The molecule has 0 atom stereocenters. The van der Waals surface area contributed by atoms with Crippen molar-refractivity contribution in [3.05, 3.63) is 12.1 Å². The van der Waals surface area contributed by atoms with Crippen molar-refractivity contribution in [3.8, 4) is 0 Å². The van der Waals surface area contributed by atoms with Crippen LogP contribution in [0.15, 0.2) is 12.1 Å². The summed E-state index contributed by atoms with van der Waals surface area (Å²) in [5, 5.41) is 19.3. The molecule has 1 aliphatic heterocycles. The van der Waals surface area contributed by atoms with Gasteiger partial charge in [-0.15, -0.1) is 14.8 Å². The summed E-state index contributed by atoms with van der Waals surface area (Å²) in [4.78, 5) is 2.32. The average Bonchev–Trinajstić information content (AvgIpc) is 2.96. The summed E-state index contributed by atoms with van der Waals surface area (Å²) in [7, 11) is 0. The lowest BCUT2D eigenvalue weighted by Crippen LogP contribution is -2.38. The molecule has 2 aromatic heterocycles. The third-order valence-corrected chi connectivity index (χ3v) is 3.85. The predicted octanol–water partition coefficient (Wildman–Crippen LogP) is 0.735. The Kier molecular flexibility index (Phi) is 4.05. The predicted molar refractivity (Wildman–Crippen MR) is 76.7 cm³/mol. The number of rotatable bonds is 5. The molecule has 0 bridgehead atoms. The lowest BCUT2D eigenvalue weighted by Gasteiger charge is -2.32. The van der Waals surface area contributed by atoms with Gasteiger partial charge in [0.2, 0.25) is 0 Å². The summed E-state index contributed by atoms with van der Waals surface area (Å²) >= 11 is 0. The van der Waals surface area contributed by atoms with Crippen molar-refractivity contribution in [1.82, 2.24) is 30.6 Å². The Morgan fingerprint density at radius 1 is 1.30 bits per heavy atom. The number of tetrazole rings is 1. The zero-order valence-electron chi connectivity index (χ0n) is 11.9. The van der Waals surface area contributed by atoms with Gasteiger partial charge in [0.15, 0.2) is 11.5 Å². The topological polar surface area (TPSA) is 71.2 Å². The van der Waals surface area contributed by atoms with E-state index < -0.39 is 0 Å². The van der Waals surface area contributed by atoms with Gasteiger partial charge in [-0.05, 0) is 60.8 Å². The summed E-state index contributed by atoms with van der Waals surface area (Å²) < 4.78 is 1.49. The maximum absolute atomic E-state index is 4.45. The normalized spacial score (nSPS) is 16.9. The quantitative estimate of drug-likeness (QED) is 0.811. The first kappa shape index (κ1) is 13.2. The first-order valence-corrected chi connectivity index (χ1v) is 7.38. The molecular formula is C13H21N7. The van der Waals surface area contributed by atoms with E-state index in [1.165, 1.54) is 23.9 Å². The van der Waals surface area contributed by atoms with Crippen LogP contribution in [-0.4, -0.2) is 51.4 Å². The molecule has 1 N–H and O–H groups in total. The molecule has 3 heterocycles. The van der Waals surface area contributed by atoms with Gasteiger partial charge in [-0.25, -0.2) is 0 Å². The Balaban J connectivity index is 1.57. The molecule has 1 saturated heterocycles. The third kappa shape index (κ3) is 2.87. The SMILES string of the molecule is CCCNCC1CCN(c2ccc3nnnn3n2)CC1. The Labute approximate surface area is 118 Å². The smallest absolute Gasteiger partial charge is 0.200 e. The van der Waals surface area contributed by atoms with Crippen molar-refractivity contribution in [2.75, 3.05) is 31.1 Å². The average molecular weight is 275 g/mol. The molecule has 1 fully saturated rings. The number of nitrogens with zero attached hydrogens (tertiary/aromatic N) is 6. The largest absolute Gasteiger partial charge is 0.355 e. The molecule has 3 rings (SSSR count). The van der Waals surface area contributed by atoms with Gasteiger partial charge in [0, 0.05) is 13.1 Å². The summed E-state index contributed by atoms with van der Waals surface area (Å²) in [6.45, 7) is 6.58. The molecule has 108 valence electrons. The van der Waals surface area contributed by atoms with Gasteiger partial charge < -0.3 is 10.2 Å². The molecule has 0 saturated carbocycles. The molecule has 0 aliphatic carbocycles. The van der Waals surface area contributed by atoms with Crippen LogP contribution in [0.2, 0.25) is 0 Å². The van der Waals surface area contributed by atoms with Crippen molar-refractivity contribution in [2.45, 2.75) is 26.2 Å². The van der Waals surface area contributed by atoms with Crippen LogP contribution >= 0.6 is 0 Å². The van der Waals surface area contributed by atoms with Crippen LogP contribution in [0.25, 0.3) is 5.65 Å². The van der Waals surface area contributed by atoms with Crippen molar-refractivity contribution in [1.29, 1.82) is 0 Å². The number of hydrogen-bond acceptors (Lipinski definition) is 6. The molecule has 0 radical (unpaired) electrons. The van der Waals surface area contributed by atoms with Gasteiger partial charge >= 0.3 is 0 Å². The van der Waals surface area contributed by atoms with Crippen LogP contribution in [0, 0.1) is 5.92 Å². The zero-order chi connectivity index (χ0) is 13.8. The lowest BCUT2D eigenvalue weighted by molar-refractivity contribution is 0.381. The van der Waals surface area contributed by atoms with Crippen molar-refractivity contribution in [2.24, 2.45) is 5.92 Å². The molecule has 2 aromatic rings. The fraction of sp³-hybridized carbons (Fsp3) is 0.692. The van der Waals surface area contributed by atoms with E-state index in [1.807, 2.05) is 12.1 Å². The van der Waals surface area contributed by atoms with Crippen LogP contribution < -0.4 is 10.2 Å². The van der Waals surface area contributed by atoms with E-state index in [2.05, 4.69) is 37.8 Å².